The van der Waals surface area contributed by atoms with Gasteiger partial charge in [-0.15, -0.1) is 0 Å². The highest BCUT2D eigenvalue weighted by Crippen LogP contribution is 2.31. The third-order valence-corrected chi connectivity index (χ3v) is 13.1. The fraction of sp³-hybridized carbons (Fsp3) is 0.130. The Morgan fingerprint density at radius 2 is 1.12 bits per heavy atom. The van der Waals surface area contributed by atoms with Gasteiger partial charge in [-0.25, -0.2) is 4.99 Å². The molecule has 5 aromatic carbocycles. The van der Waals surface area contributed by atoms with E-state index in [2.05, 4.69) is 86.3 Å². The first kappa shape index (κ1) is 50.8. The van der Waals surface area contributed by atoms with E-state index in [0.717, 1.165) is 113 Å². The zero-order valence-electron chi connectivity index (χ0n) is 36.2. The molecule has 1 unspecified atom stereocenters. The first-order valence-electron chi connectivity index (χ1n) is 21.4. The van der Waals surface area contributed by atoms with Crippen LogP contribution in [-0.2, 0) is 38.5 Å². The summed E-state index contributed by atoms with van der Waals surface area (Å²) in [6.07, 6.45) is 9.38. The molecule has 0 spiro atoms. The van der Waals surface area contributed by atoms with Gasteiger partial charge in [0.25, 0.3) is 0 Å². The summed E-state index contributed by atoms with van der Waals surface area (Å²) in [7, 11) is 0. The molecule has 0 amide bonds. The van der Waals surface area contributed by atoms with E-state index in [1.165, 1.54) is 11.1 Å². The second kappa shape index (κ2) is 24.0. The highest BCUT2D eigenvalue weighted by molar-refractivity contribution is 9.11. The molecular formula is C54H43Br3Cl3N5O3. The Morgan fingerprint density at radius 3 is 1.78 bits per heavy atom. The molecular weight excluding hydrogens is 1110 g/mol. The number of fused-ring (bicyclic) bond motifs is 4. The van der Waals surface area contributed by atoms with Crippen molar-refractivity contribution in [1.82, 2.24) is 15.0 Å². The van der Waals surface area contributed by atoms with Gasteiger partial charge in [0.1, 0.15) is 5.69 Å². The van der Waals surface area contributed by atoms with Crippen LogP contribution in [0.1, 0.15) is 72.6 Å². The molecule has 8 aromatic rings. The van der Waals surface area contributed by atoms with Crippen molar-refractivity contribution >= 4 is 105 Å². The number of ketones is 1. The summed E-state index contributed by atoms with van der Waals surface area (Å²) in [4.78, 5) is 30.7. The maximum absolute atomic E-state index is 12.4. The van der Waals surface area contributed by atoms with Crippen molar-refractivity contribution in [3.63, 3.8) is 0 Å². The average molecular weight is 1160 g/mol. The Morgan fingerprint density at radius 1 is 0.574 bits per heavy atom. The number of halogens is 6. The molecule has 14 heteroatoms. The quantitative estimate of drug-likeness (QED) is 0.153. The highest BCUT2D eigenvalue weighted by Gasteiger charge is 2.24. The Hall–Kier alpha value is -5.08. The van der Waals surface area contributed by atoms with Crippen molar-refractivity contribution in [2.75, 3.05) is 5.32 Å². The minimum atomic E-state index is -0.870. The van der Waals surface area contributed by atoms with Crippen molar-refractivity contribution in [3.05, 3.63) is 248 Å². The summed E-state index contributed by atoms with van der Waals surface area (Å²) in [5.74, 6) is -0.0123. The van der Waals surface area contributed by atoms with E-state index in [9.17, 15) is 9.90 Å². The SMILES string of the molecule is Clc1ccc2c(c1)CCc1cc(Br)cnc1C2=Nc1ccccc1.O.O=C1c2ccc(Cl)cc2CCc2cc(Br)cnc21.OC(Nc1ccccc1)c1ncc(Br)cc1CCc1cccc(Cl)c1. The first-order chi connectivity index (χ1) is 32.5. The van der Waals surface area contributed by atoms with Crippen LogP contribution in [0.3, 0.4) is 0 Å². The molecule has 3 aromatic heterocycles. The zero-order valence-corrected chi connectivity index (χ0v) is 43.3. The van der Waals surface area contributed by atoms with Gasteiger partial charge in [-0.1, -0.05) is 89.4 Å². The Labute approximate surface area is 435 Å². The number of hydrogen-bond acceptors (Lipinski definition) is 7. The molecule has 10 rings (SSSR count). The molecule has 0 aliphatic heterocycles. The number of aliphatic imine (C=N–C) groups is 1. The zero-order chi connectivity index (χ0) is 46.9. The van der Waals surface area contributed by atoms with E-state index >= 15 is 0 Å². The topological polar surface area (TPSA) is 132 Å². The third kappa shape index (κ3) is 13.2. The summed E-state index contributed by atoms with van der Waals surface area (Å²) in [5.41, 5.74) is 13.2. The number of carbonyl (C=O) groups excluding carboxylic acids is 1. The van der Waals surface area contributed by atoms with Gasteiger partial charge in [0, 0.05) is 63.9 Å². The second-order valence-corrected chi connectivity index (χ2v) is 19.8. The van der Waals surface area contributed by atoms with Crippen LogP contribution in [0.15, 0.2) is 177 Å². The molecule has 0 saturated heterocycles. The monoisotopic (exact) mass is 1150 g/mol. The molecule has 4 N–H and O–H groups in total. The van der Waals surface area contributed by atoms with E-state index < -0.39 is 6.23 Å². The number of rotatable bonds is 7. The third-order valence-electron chi connectivity index (χ3n) is 11.1. The van der Waals surface area contributed by atoms with Gasteiger partial charge in [0.2, 0.25) is 5.78 Å². The lowest BCUT2D eigenvalue weighted by Gasteiger charge is -2.17. The van der Waals surface area contributed by atoms with Crippen LogP contribution >= 0.6 is 82.6 Å². The average Bonchev–Trinajstić information content (AvgIpc) is 3.55. The van der Waals surface area contributed by atoms with Gasteiger partial charge in [-0.05, 0) is 205 Å². The first-order valence-corrected chi connectivity index (χ1v) is 24.9. The normalized spacial score (nSPS) is 13.3. The maximum Gasteiger partial charge on any atom is 0.211 e. The molecule has 1 atom stereocenters. The summed E-state index contributed by atoms with van der Waals surface area (Å²) in [6.45, 7) is 0. The van der Waals surface area contributed by atoms with Crippen molar-refractivity contribution < 1.29 is 15.4 Å². The Kier molecular flexibility index (Phi) is 17.9. The molecule has 0 saturated carbocycles. The fourth-order valence-corrected chi connectivity index (χ4v) is 9.70. The molecule has 68 heavy (non-hydrogen) atoms. The number of aryl methyl sites for hydroxylation is 6. The van der Waals surface area contributed by atoms with E-state index in [1.54, 1.807) is 24.5 Å². The molecule has 3 heterocycles. The number of para-hydroxylation sites is 2. The lowest BCUT2D eigenvalue weighted by Crippen LogP contribution is -2.14. The Bertz CT molecular complexity index is 2980. The van der Waals surface area contributed by atoms with E-state index in [-0.39, 0.29) is 11.3 Å². The van der Waals surface area contributed by atoms with Crippen molar-refractivity contribution in [3.8, 4) is 0 Å². The van der Waals surface area contributed by atoms with Crippen LogP contribution in [-0.4, -0.2) is 37.0 Å². The molecule has 0 fully saturated rings. The van der Waals surface area contributed by atoms with Crippen LogP contribution in [0, 0.1) is 0 Å². The molecule has 0 radical (unpaired) electrons. The number of aliphatic hydroxyl groups is 1. The predicted octanol–water partition coefficient (Wildman–Crippen LogP) is 14.2. The minimum absolute atomic E-state index is 0. The lowest BCUT2D eigenvalue weighted by molar-refractivity contribution is 0.103. The van der Waals surface area contributed by atoms with Gasteiger partial charge >= 0.3 is 0 Å². The van der Waals surface area contributed by atoms with Crippen LogP contribution in [0.5, 0.6) is 0 Å². The molecule has 0 bridgehead atoms. The van der Waals surface area contributed by atoms with Crippen molar-refractivity contribution in [2.45, 2.75) is 44.8 Å². The lowest BCUT2D eigenvalue weighted by atomic mass is 10.0. The summed E-state index contributed by atoms with van der Waals surface area (Å²) in [5, 5.41) is 15.8. The number of pyridine rings is 3. The largest absolute Gasteiger partial charge is 0.412 e. The number of aromatic nitrogens is 3. The molecule has 344 valence electrons. The summed E-state index contributed by atoms with van der Waals surface area (Å²) < 4.78 is 2.78. The van der Waals surface area contributed by atoms with Crippen LogP contribution < -0.4 is 5.32 Å². The minimum Gasteiger partial charge on any atom is -0.412 e. The summed E-state index contributed by atoms with van der Waals surface area (Å²) >= 11 is 28.6. The van der Waals surface area contributed by atoms with Crippen LogP contribution in [0.4, 0.5) is 11.4 Å². The van der Waals surface area contributed by atoms with Gasteiger partial charge < -0.3 is 15.9 Å². The molecule has 2 aliphatic rings. The standard InChI is InChI=1S/C20H18BrClN2O.C20H14BrClN2.C14H9BrClNO.H2O/c21-16-12-15(10-9-14-5-4-6-17(22)11-14)19(23-13-16)20(25)24-18-7-2-1-3-8-18;21-15-10-14-7-6-13-11-16(22)8-9-18(13)20(19(14)23-12-15)24-17-4-2-1-3-5-17;15-10-5-9-2-1-8-6-11(16)3-4-12(8)14(18)13(9)17-7-10;/h1-8,11-13,20,24-25H,9-10H2;1-5,8-12H,6-7H2;3-7H,1-2H2;1H2. The summed E-state index contributed by atoms with van der Waals surface area (Å²) in [6, 6.07) is 45.0. The van der Waals surface area contributed by atoms with Gasteiger partial charge in [0.05, 0.1) is 22.8 Å². The van der Waals surface area contributed by atoms with Gasteiger partial charge in [0.15, 0.2) is 6.23 Å². The van der Waals surface area contributed by atoms with Gasteiger partial charge in [-0.2, -0.15) is 0 Å². The van der Waals surface area contributed by atoms with Gasteiger partial charge in [-0.3, -0.25) is 19.7 Å². The van der Waals surface area contributed by atoms with E-state index in [4.69, 9.17) is 39.8 Å². The van der Waals surface area contributed by atoms with E-state index in [0.29, 0.717) is 22.0 Å². The van der Waals surface area contributed by atoms with Crippen molar-refractivity contribution in [2.24, 2.45) is 4.99 Å². The van der Waals surface area contributed by atoms with E-state index in [1.807, 2.05) is 115 Å². The number of nitrogens with one attached hydrogen (secondary N) is 1. The van der Waals surface area contributed by atoms with Crippen molar-refractivity contribution in [1.29, 1.82) is 0 Å². The Balaban J connectivity index is 0.000000152. The smallest absolute Gasteiger partial charge is 0.211 e. The number of nitrogens with zero attached hydrogens (tertiary/aromatic N) is 4. The maximum atomic E-state index is 12.4. The fourth-order valence-electron chi connectivity index (χ4n) is 7.96. The highest BCUT2D eigenvalue weighted by atomic mass is 79.9. The number of benzene rings is 5. The number of carbonyl (C=O) groups is 1. The number of aliphatic hydroxyl groups excluding tert-OH is 1. The molecule has 2 aliphatic carbocycles. The predicted molar refractivity (Wildman–Crippen MR) is 286 cm³/mol. The number of anilines is 1. The second-order valence-electron chi connectivity index (χ2n) is 15.8. The van der Waals surface area contributed by atoms with Crippen LogP contribution in [0.25, 0.3) is 0 Å². The number of hydrogen-bond donors (Lipinski definition) is 2. The molecule has 8 nitrogen and oxygen atoms in total. The van der Waals surface area contributed by atoms with Crippen LogP contribution in [0.2, 0.25) is 15.1 Å².